The zero-order chi connectivity index (χ0) is 14.4. The van der Waals surface area contributed by atoms with Gasteiger partial charge in [-0.15, -0.1) is 11.8 Å². The molecule has 0 aliphatic carbocycles. The molecule has 104 valence electrons. The van der Waals surface area contributed by atoms with Crippen LogP contribution in [0.3, 0.4) is 0 Å². The van der Waals surface area contributed by atoms with Gasteiger partial charge in [-0.3, -0.25) is 4.79 Å². The molecule has 0 heterocycles. The van der Waals surface area contributed by atoms with Gasteiger partial charge in [-0.1, -0.05) is 25.4 Å². The molecule has 19 heavy (non-hydrogen) atoms. The normalized spacial score (nSPS) is 11.9. The number of hydrogen-bond donors (Lipinski definition) is 2. The van der Waals surface area contributed by atoms with Crippen LogP contribution in [0.15, 0.2) is 23.1 Å². The molecule has 1 rings (SSSR count). The maximum Gasteiger partial charge on any atom is 0.326 e. The number of carboxylic acid groups (broad SMARTS) is 1. The average molecular weight is 302 g/mol. The van der Waals surface area contributed by atoms with Crippen LogP contribution in [0, 0.1) is 0 Å². The van der Waals surface area contributed by atoms with E-state index in [9.17, 15) is 9.59 Å². The largest absolute Gasteiger partial charge is 0.480 e. The van der Waals surface area contributed by atoms with Crippen molar-refractivity contribution in [2.45, 2.75) is 31.2 Å². The van der Waals surface area contributed by atoms with Gasteiger partial charge in [0, 0.05) is 9.92 Å². The number of carbonyl (C=O) groups excluding carboxylic acids is 1. The summed E-state index contributed by atoms with van der Waals surface area (Å²) in [6, 6.07) is 4.08. The van der Waals surface area contributed by atoms with Gasteiger partial charge in [0.1, 0.15) is 6.04 Å². The third-order valence-corrected chi connectivity index (χ3v) is 3.67. The number of benzene rings is 1. The second-order valence-corrected chi connectivity index (χ2v) is 5.59. The Balaban J connectivity index is 2.95. The highest BCUT2D eigenvalue weighted by Crippen LogP contribution is 2.26. The second kappa shape index (κ2) is 7.40. The van der Waals surface area contributed by atoms with Gasteiger partial charge in [-0.2, -0.15) is 0 Å². The van der Waals surface area contributed by atoms with Crippen LogP contribution in [0.25, 0.3) is 0 Å². The Morgan fingerprint density at radius 3 is 2.63 bits per heavy atom. The van der Waals surface area contributed by atoms with E-state index in [-0.39, 0.29) is 5.91 Å². The van der Waals surface area contributed by atoms with Crippen molar-refractivity contribution in [1.29, 1.82) is 0 Å². The van der Waals surface area contributed by atoms with Crippen molar-refractivity contribution in [3.63, 3.8) is 0 Å². The molecule has 1 atom stereocenters. The van der Waals surface area contributed by atoms with Crippen LogP contribution >= 0.6 is 23.4 Å². The summed E-state index contributed by atoms with van der Waals surface area (Å²) < 4.78 is 0. The van der Waals surface area contributed by atoms with Crippen molar-refractivity contribution < 1.29 is 14.7 Å². The molecule has 0 bridgehead atoms. The summed E-state index contributed by atoms with van der Waals surface area (Å²) in [7, 11) is 0. The summed E-state index contributed by atoms with van der Waals surface area (Å²) in [6.07, 6.45) is 0.338. The van der Waals surface area contributed by atoms with Crippen LogP contribution in [-0.4, -0.2) is 28.8 Å². The number of rotatable bonds is 6. The van der Waals surface area contributed by atoms with Crippen LogP contribution in [-0.2, 0) is 4.79 Å². The predicted molar refractivity (Wildman–Crippen MR) is 77.0 cm³/mol. The van der Waals surface area contributed by atoms with Crippen LogP contribution in [0.5, 0.6) is 0 Å². The monoisotopic (exact) mass is 301 g/mol. The summed E-state index contributed by atoms with van der Waals surface area (Å²) in [5.74, 6) is -0.618. The van der Waals surface area contributed by atoms with Crippen molar-refractivity contribution in [3.05, 3.63) is 28.8 Å². The fourth-order valence-electron chi connectivity index (χ4n) is 1.53. The van der Waals surface area contributed by atoms with Gasteiger partial charge < -0.3 is 10.4 Å². The Hall–Kier alpha value is -1.20. The molecule has 1 aromatic rings. The average Bonchev–Trinajstić information content (AvgIpc) is 2.35. The maximum atomic E-state index is 12.1. The molecular weight excluding hydrogens is 286 g/mol. The maximum absolute atomic E-state index is 12.1. The van der Waals surface area contributed by atoms with E-state index in [0.29, 0.717) is 17.0 Å². The molecule has 0 aliphatic rings. The van der Waals surface area contributed by atoms with Crippen molar-refractivity contribution >= 4 is 35.2 Å². The summed E-state index contributed by atoms with van der Waals surface area (Å²) >= 11 is 7.40. The van der Waals surface area contributed by atoms with E-state index in [1.54, 1.807) is 25.1 Å². The van der Waals surface area contributed by atoms with E-state index < -0.39 is 12.0 Å². The minimum Gasteiger partial charge on any atom is -0.480 e. The lowest BCUT2D eigenvalue weighted by Crippen LogP contribution is -2.40. The fourth-order valence-corrected chi connectivity index (χ4v) is 2.61. The van der Waals surface area contributed by atoms with Crippen LogP contribution in [0.1, 0.15) is 30.6 Å². The smallest absolute Gasteiger partial charge is 0.326 e. The van der Waals surface area contributed by atoms with Crippen molar-refractivity contribution in [2.75, 3.05) is 5.75 Å². The minimum atomic E-state index is -1.03. The molecule has 0 spiro atoms. The Kier molecular flexibility index (Phi) is 6.18. The zero-order valence-corrected chi connectivity index (χ0v) is 12.3. The fraction of sp³-hybridized carbons (Fsp3) is 0.385. The molecule has 1 unspecified atom stereocenters. The summed E-state index contributed by atoms with van der Waals surface area (Å²) in [5, 5.41) is 12.0. The highest BCUT2D eigenvalue weighted by atomic mass is 35.5. The molecular formula is C13H16ClNO3S. The number of halogens is 1. The number of thioether (sulfide) groups is 1. The molecule has 6 heteroatoms. The highest BCUT2D eigenvalue weighted by molar-refractivity contribution is 7.99. The highest BCUT2D eigenvalue weighted by Gasteiger charge is 2.20. The van der Waals surface area contributed by atoms with Gasteiger partial charge in [-0.05, 0) is 30.4 Å². The zero-order valence-electron chi connectivity index (χ0n) is 10.8. The Morgan fingerprint density at radius 2 is 2.11 bits per heavy atom. The number of nitrogens with one attached hydrogen (secondary N) is 1. The summed E-state index contributed by atoms with van der Waals surface area (Å²) in [5.41, 5.74) is 0.455. The molecule has 0 saturated carbocycles. The third-order valence-electron chi connectivity index (χ3n) is 2.50. The van der Waals surface area contributed by atoms with Gasteiger partial charge in [0.05, 0.1) is 5.56 Å². The first-order valence-electron chi connectivity index (χ1n) is 5.95. The predicted octanol–water partition coefficient (Wildman–Crippen LogP) is 3.05. The first-order valence-corrected chi connectivity index (χ1v) is 7.32. The number of amides is 1. The lowest BCUT2D eigenvalue weighted by atomic mass is 10.1. The minimum absolute atomic E-state index is 0.338. The first-order chi connectivity index (χ1) is 8.99. The van der Waals surface area contributed by atoms with E-state index in [1.807, 2.05) is 6.92 Å². The number of carboxylic acids is 1. The topological polar surface area (TPSA) is 66.4 Å². The van der Waals surface area contributed by atoms with Crippen molar-refractivity contribution in [3.8, 4) is 0 Å². The number of carbonyl (C=O) groups is 2. The number of aliphatic carboxylic acids is 1. The Morgan fingerprint density at radius 1 is 1.42 bits per heavy atom. The Labute approximate surface area is 121 Å². The van der Waals surface area contributed by atoms with E-state index in [1.165, 1.54) is 11.8 Å². The molecule has 2 N–H and O–H groups in total. The van der Waals surface area contributed by atoms with Gasteiger partial charge in [0.25, 0.3) is 5.91 Å². The first kappa shape index (κ1) is 15.9. The van der Waals surface area contributed by atoms with Gasteiger partial charge >= 0.3 is 5.97 Å². The van der Waals surface area contributed by atoms with Crippen LogP contribution in [0.2, 0.25) is 5.02 Å². The quantitative estimate of drug-likeness (QED) is 0.793. The molecule has 1 aromatic carbocycles. The molecule has 0 aliphatic heterocycles. The lowest BCUT2D eigenvalue weighted by Gasteiger charge is -2.14. The van der Waals surface area contributed by atoms with Gasteiger partial charge in [0.2, 0.25) is 0 Å². The van der Waals surface area contributed by atoms with E-state index in [2.05, 4.69) is 5.32 Å². The molecule has 0 fully saturated rings. The summed E-state index contributed by atoms with van der Waals surface area (Å²) in [4.78, 5) is 23.8. The number of hydrogen-bond acceptors (Lipinski definition) is 3. The van der Waals surface area contributed by atoms with Gasteiger partial charge in [-0.25, -0.2) is 4.79 Å². The van der Waals surface area contributed by atoms with Crippen molar-refractivity contribution in [1.82, 2.24) is 5.32 Å². The van der Waals surface area contributed by atoms with Crippen molar-refractivity contribution in [2.24, 2.45) is 0 Å². The standard InChI is InChI=1S/C13H16ClNO3S/c1-3-10(13(17)18)15-12(16)9-6-5-8(14)7-11(9)19-4-2/h5-7,10H,3-4H2,1-2H3,(H,15,16)(H,17,18). The van der Waals surface area contributed by atoms with E-state index in [0.717, 1.165) is 10.6 Å². The SMILES string of the molecule is CCSc1cc(Cl)ccc1C(=O)NC(CC)C(=O)O. The molecule has 4 nitrogen and oxygen atoms in total. The van der Waals surface area contributed by atoms with Crippen LogP contribution in [0.4, 0.5) is 0 Å². The van der Waals surface area contributed by atoms with Gasteiger partial charge in [0.15, 0.2) is 0 Å². The molecule has 0 radical (unpaired) electrons. The lowest BCUT2D eigenvalue weighted by molar-refractivity contribution is -0.139. The molecule has 0 saturated heterocycles. The van der Waals surface area contributed by atoms with E-state index >= 15 is 0 Å². The molecule has 0 aromatic heterocycles. The molecule has 1 amide bonds. The van der Waals surface area contributed by atoms with Crippen LogP contribution < -0.4 is 5.32 Å². The van der Waals surface area contributed by atoms with E-state index in [4.69, 9.17) is 16.7 Å². The third kappa shape index (κ3) is 4.44. The Bertz CT molecular complexity index is 479. The summed E-state index contributed by atoms with van der Waals surface area (Å²) in [6.45, 7) is 3.68. The second-order valence-electron chi connectivity index (χ2n) is 3.85.